The van der Waals surface area contributed by atoms with Crippen molar-refractivity contribution < 1.29 is 14.2 Å². The Labute approximate surface area is 101 Å². The molecule has 0 aromatic heterocycles. The molecule has 1 atom stereocenters. The van der Waals surface area contributed by atoms with Gasteiger partial charge in [0.1, 0.15) is 17.6 Å². The van der Waals surface area contributed by atoms with Crippen LogP contribution in [-0.4, -0.2) is 41.9 Å². The highest BCUT2D eigenvalue weighted by molar-refractivity contribution is 5.30. The van der Waals surface area contributed by atoms with E-state index in [0.29, 0.717) is 12.5 Å². The van der Waals surface area contributed by atoms with Gasteiger partial charge in [-0.3, -0.25) is 9.29 Å². The number of hydrogen-bond donors (Lipinski definition) is 1. The summed E-state index contributed by atoms with van der Waals surface area (Å²) in [5, 5.41) is 9.14. The summed E-state index contributed by atoms with van der Waals surface area (Å²) in [7, 11) is 0. The van der Waals surface area contributed by atoms with Gasteiger partial charge in [-0.1, -0.05) is 0 Å². The van der Waals surface area contributed by atoms with E-state index in [1.54, 1.807) is 24.3 Å². The topological polar surface area (TPSA) is 32.7 Å². The number of nitrogens with zero attached hydrogens (tertiary/aromatic N) is 1. The van der Waals surface area contributed by atoms with Crippen LogP contribution < -0.4 is 4.74 Å². The molecule has 2 rings (SSSR count). The van der Waals surface area contributed by atoms with Gasteiger partial charge in [0.25, 0.3) is 0 Å². The molecule has 1 aromatic rings. The molecule has 0 unspecified atom stereocenters. The second-order valence-electron chi connectivity index (χ2n) is 4.51. The molecular formula is C13H18FNO2. The molecule has 1 aliphatic heterocycles. The zero-order chi connectivity index (χ0) is 12.3. The average Bonchev–Trinajstić information content (AvgIpc) is 2.25. The first-order valence-corrected chi connectivity index (χ1v) is 5.94. The summed E-state index contributed by atoms with van der Waals surface area (Å²) in [6, 6.07) is 7.01. The van der Waals surface area contributed by atoms with Crippen molar-refractivity contribution in [2.45, 2.75) is 25.5 Å². The summed E-state index contributed by atoms with van der Waals surface area (Å²) in [6.45, 7) is 3.47. The fourth-order valence-corrected chi connectivity index (χ4v) is 1.96. The zero-order valence-electron chi connectivity index (χ0n) is 9.97. The number of hydrogen-bond acceptors (Lipinski definition) is 3. The molecule has 1 fully saturated rings. The molecule has 1 saturated heterocycles. The SMILES string of the molecule is C[C@@H](CCF)N1CC(Oc2ccc(O)cc2)C1. The van der Waals surface area contributed by atoms with Gasteiger partial charge in [0, 0.05) is 19.1 Å². The van der Waals surface area contributed by atoms with Gasteiger partial charge in [-0.2, -0.15) is 0 Å². The lowest BCUT2D eigenvalue weighted by Gasteiger charge is -2.42. The van der Waals surface area contributed by atoms with Crippen molar-refractivity contribution >= 4 is 0 Å². The smallest absolute Gasteiger partial charge is 0.124 e. The van der Waals surface area contributed by atoms with E-state index in [1.807, 2.05) is 6.92 Å². The van der Waals surface area contributed by atoms with Gasteiger partial charge >= 0.3 is 0 Å². The van der Waals surface area contributed by atoms with Crippen molar-refractivity contribution in [1.82, 2.24) is 4.90 Å². The Bertz CT molecular complexity index is 349. The molecule has 0 aliphatic carbocycles. The maximum absolute atomic E-state index is 12.2. The van der Waals surface area contributed by atoms with Crippen LogP contribution in [0.1, 0.15) is 13.3 Å². The summed E-state index contributed by atoms with van der Waals surface area (Å²) in [5.41, 5.74) is 0. The predicted octanol–water partition coefficient (Wildman–Crippen LogP) is 2.20. The number of alkyl halides is 1. The highest BCUT2D eigenvalue weighted by Crippen LogP contribution is 2.22. The Balaban J connectivity index is 1.75. The molecule has 4 heteroatoms. The maximum atomic E-state index is 12.2. The quantitative estimate of drug-likeness (QED) is 0.855. The van der Waals surface area contributed by atoms with Gasteiger partial charge in [-0.25, -0.2) is 0 Å². The second kappa shape index (κ2) is 5.36. The van der Waals surface area contributed by atoms with E-state index >= 15 is 0 Å². The van der Waals surface area contributed by atoms with Crippen LogP contribution >= 0.6 is 0 Å². The minimum atomic E-state index is -0.263. The van der Waals surface area contributed by atoms with Gasteiger partial charge in [-0.15, -0.1) is 0 Å². The Morgan fingerprint density at radius 2 is 2.06 bits per heavy atom. The molecule has 0 amide bonds. The summed E-state index contributed by atoms with van der Waals surface area (Å²) in [4.78, 5) is 2.21. The third-order valence-corrected chi connectivity index (χ3v) is 3.17. The Hall–Kier alpha value is -1.29. The van der Waals surface area contributed by atoms with Crippen LogP contribution in [0.25, 0.3) is 0 Å². The Kier molecular flexibility index (Phi) is 3.84. The number of halogens is 1. The van der Waals surface area contributed by atoms with Gasteiger partial charge in [-0.05, 0) is 37.6 Å². The fourth-order valence-electron chi connectivity index (χ4n) is 1.96. The van der Waals surface area contributed by atoms with Crippen molar-refractivity contribution in [2.75, 3.05) is 19.8 Å². The molecule has 0 radical (unpaired) electrons. The van der Waals surface area contributed by atoms with Crippen LogP contribution in [0.3, 0.4) is 0 Å². The normalized spacial score (nSPS) is 18.7. The van der Waals surface area contributed by atoms with Crippen LogP contribution in [0.5, 0.6) is 11.5 Å². The first-order valence-electron chi connectivity index (χ1n) is 5.94. The highest BCUT2D eigenvalue weighted by atomic mass is 19.1. The molecule has 1 aromatic carbocycles. The zero-order valence-corrected chi connectivity index (χ0v) is 9.97. The van der Waals surface area contributed by atoms with Gasteiger partial charge in [0.15, 0.2) is 0 Å². The van der Waals surface area contributed by atoms with Crippen LogP contribution in [0, 0.1) is 0 Å². The highest BCUT2D eigenvalue weighted by Gasteiger charge is 2.31. The predicted molar refractivity (Wildman–Crippen MR) is 64.1 cm³/mol. The Morgan fingerprint density at radius 3 is 2.65 bits per heavy atom. The van der Waals surface area contributed by atoms with E-state index in [9.17, 15) is 4.39 Å². The average molecular weight is 239 g/mol. The van der Waals surface area contributed by atoms with E-state index < -0.39 is 0 Å². The number of likely N-dealkylation sites (tertiary alicyclic amines) is 1. The molecule has 94 valence electrons. The van der Waals surface area contributed by atoms with Crippen molar-refractivity contribution in [2.24, 2.45) is 0 Å². The molecule has 0 spiro atoms. The summed E-state index contributed by atoms with van der Waals surface area (Å²) >= 11 is 0. The number of phenolic OH excluding ortho intramolecular Hbond substituents is 1. The largest absolute Gasteiger partial charge is 0.508 e. The molecule has 0 bridgehead atoms. The first kappa shape index (κ1) is 12.2. The standard InChI is InChI=1S/C13H18FNO2/c1-10(6-7-14)15-8-13(9-15)17-12-4-2-11(16)3-5-12/h2-5,10,13,16H,6-9H2,1H3/t10-/m0/s1. The lowest BCUT2D eigenvalue weighted by molar-refractivity contribution is -0.00788. The summed E-state index contributed by atoms with van der Waals surface area (Å²) < 4.78 is 17.9. The number of phenols is 1. The van der Waals surface area contributed by atoms with Crippen LogP contribution in [0.2, 0.25) is 0 Å². The van der Waals surface area contributed by atoms with E-state index in [0.717, 1.165) is 18.8 Å². The fraction of sp³-hybridized carbons (Fsp3) is 0.538. The van der Waals surface area contributed by atoms with E-state index in [1.165, 1.54) is 0 Å². The van der Waals surface area contributed by atoms with Crippen molar-refractivity contribution in [3.05, 3.63) is 24.3 Å². The molecular weight excluding hydrogens is 221 g/mol. The van der Waals surface area contributed by atoms with E-state index in [2.05, 4.69) is 4.90 Å². The van der Waals surface area contributed by atoms with Crippen molar-refractivity contribution in [3.63, 3.8) is 0 Å². The molecule has 17 heavy (non-hydrogen) atoms. The van der Waals surface area contributed by atoms with Gasteiger partial charge in [0.2, 0.25) is 0 Å². The van der Waals surface area contributed by atoms with Crippen LogP contribution in [0.4, 0.5) is 4.39 Å². The van der Waals surface area contributed by atoms with E-state index in [4.69, 9.17) is 9.84 Å². The number of ether oxygens (including phenoxy) is 1. The van der Waals surface area contributed by atoms with Crippen LogP contribution in [-0.2, 0) is 0 Å². The van der Waals surface area contributed by atoms with E-state index in [-0.39, 0.29) is 18.5 Å². The van der Waals surface area contributed by atoms with Gasteiger partial charge < -0.3 is 9.84 Å². The monoisotopic (exact) mass is 239 g/mol. The Morgan fingerprint density at radius 1 is 1.41 bits per heavy atom. The molecule has 1 N–H and O–H groups in total. The lowest BCUT2D eigenvalue weighted by Crippen LogP contribution is -2.57. The lowest BCUT2D eigenvalue weighted by atomic mass is 10.1. The van der Waals surface area contributed by atoms with Gasteiger partial charge in [0.05, 0.1) is 6.67 Å². The number of aromatic hydroxyl groups is 1. The number of benzene rings is 1. The number of rotatable bonds is 5. The van der Waals surface area contributed by atoms with Crippen molar-refractivity contribution in [3.8, 4) is 11.5 Å². The molecule has 3 nitrogen and oxygen atoms in total. The molecule has 1 aliphatic rings. The summed E-state index contributed by atoms with van der Waals surface area (Å²) in [6.07, 6.45) is 0.771. The minimum absolute atomic E-state index is 0.182. The first-order chi connectivity index (χ1) is 8.19. The van der Waals surface area contributed by atoms with Crippen LogP contribution in [0.15, 0.2) is 24.3 Å². The third kappa shape index (κ3) is 3.09. The summed E-state index contributed by atoms with van der Waals surface area (Å²) in [5.74, 6) is 1.01. The third-order valence-electron chi connectivity index (χ3n) is 3.17. The second-order valence-corrected chi connectivity index (χ2v) is 4.51. The minimum Gasteiger partial charge on any atom is -0.508 e. The van der Waals surface area contributed by atoms with Crippen molar-refractivity contribution in [1.29, 1.82) is 0 Å². The molecule has 1 heterocycles. The maximum Gasteiger partial charge on any atom is 0.124 e. The molecule has 0 saturated carbocycles.